The van der Waals surface area contributed by atoms with Crippen molar-refractivity contribution in [2.24, 2.45) is 5.41 Å². The second-order valence-electron chi connectivity index (χ2n) is 6.59. The normalized spacial score (nSPS) is 31.6. The Bertz CT molecular complexity index is 582. The number of ether oxygens (including phenoxy) is 2. The van der Waals surface area contributed by atoms with Gasteiger partial charge in [-0.15, -0.1) is 0 Å². The molecule has 3 aliphatic rings. The summed E-state index contributed by atoms with van der Waals surface area (Å²) in [5, 5.41) is 11.6. The van der Waals surface area contributed by atoms with Crippen LogP contribution in [0.1, 0.15) is 44.5 Å². The largest absolute Gasteiger partial charge is 0.545 e. The summed E-state index contributed by atoms with van der Waals surface area (Å²) >= 11 is 0. The van der Waals surface area contributed by atoms with Crippen LogP contribution in [-0.4, -0.2) is 18.7 Å². The van der Waals surface area contributed by atoms with Crippen molar-refractivity contribution >= 4 is 5.97 Å². The predicted molar refractivity (Wildman–Crippen MR) is 79.7 cm³/mol. The van der Waals surface area contributed by atoms with Crippen LogP contribution in [0.3, 0.4) is 0 Å². The summed E-state index contributed by atoms with van der Waals surface area (Å²) < 4.78 is 11.7. The molecule has 1 unspecified atom stereocenters. The molecule has 3 aliphatic carbocycles. The third-order valence-electron chi connectivity index (χ3n) is 5.02. The lowest BCUT2D eigenvalue weighted by atomic mass is 9.61. The molecule has 0 aromatic heterocycles. The van der Waals surface area contributed by atoms with Crippen LogP contribution in [0, 0.1) is 5.41 Å². The van der Waals surface area contributed by atoms with Gasteiger partial charge >= 0.3 is 0 Å². The predicted octanol–water partition coefficient (Wildman–Crippen LogP) is 2.36. The molecule has 1 aromatic carbocycles. The van der Waals surface area contributed by atoms with E-state index in [4.69, 9.17) is 9.47 Å². The number of allylic oxidation sites excluding steroid dienone is 1. The molecule has 4 rings (SSSR count). The van der Waals surface area contributed by atoms with Crippen LogP contribution in [0.15, 0.2) is 42.0 Å². The number of aliphatic carboxylic acids is 1. The summed E-state index contributed by atoms with van der Waals surface area (Å²) in [7, 11) is 1.58. The van der Waals surface area contributed by atoms with E-state index in [1.54, 1.807) is 7.11 Å². The van der Waals surface area contributed by atoms with E-state index in [2.05, 4.69) is 6.92 Å². The maximum Gasteiger partial charge on any atom is 0.184 e. The number of rotatable bonds is 5. The molecule has 0 spiro atoms. The van der Waals surface area contributed by atoms with Crippen molar-refractivity contribution in [2.45, 2.75) is 44.5 Å². The van der Waals surface area contributed by atoms with Crippen molar-refractivity contribution in [1.29, 1.82) is 0 Å². The number of carbonyl (C=O) groups excluding carboxylic acids is 1. The zero-order valence-corrected chi connectivity index (χ0v) is 13.0. The smallest absolute Gasteiger partial charge is 0.184 e. The molecule has 1 fully saturated rings. The molecule has 22 heavy (non-hydrogen) atoms. The van der Waals surface area contributed by atoms with Crippen LogP contribution in [0.4, 0.5) is 0 Å². The highest BCUT2D eigenvalue weighted by molar-refractivity contribution is 5.88. The number of carboxylic acid groups (broad SMARTS) is 1. The van der Waals surface area contributed by atoms with Gasteiger partial charge in [-0.2, -0.15) is 0 Å². The molecular weight excluding hydrogens is 280 g/mol. The Hall–Kier alpha value is -1.65. The van der Waals surface area contributed by atoms with E-state index in [1.165, 1.54) is 0 Å². The van der Waals surface area contributed by atoms with Gasteiger partial charge in [0.15, 0.2) is 6.29 Å². The Morgan fingerprint density at radius 2 is 1.82 bits per heavy atom. The van der Waals surface area contributed by atoms with Gasteiger partial charge in [0.25, 0.3) is 0 Å². The Kier molecular flexibility index (Phi) is 3.83. The van der Waals surface area contributed by atoms with Gasteiger partial charge < -0.3 is 19.4 Å². The van der Waals surface area contributed by atoms with E-state index in [0.29, 0.717) is 12.8 Å². The molecule has 0 heterocycles. The first-order valence-corrected chi connectivity index (χ1v) is 7.68. The highest BCUT2D eigenvalue weighted by atomic mass is 16.7. The van der Waals surface area contributed by atoms with Crippen molar-refractivity contribution in [1.82, 2.24) is 0 Å². The monoisotopic (exact) mass is 301 g/mol. The van der Waals surface area contributed by atoms with Gasteiger partial charge in [-0.1, -0.05) is 43.3 Å². The van der Waals surface area contributed by atoms with Crippen LogP contribution >= 0.6 is 0 Å². The number of fused-ring (bicyclic) bond motifs is 2. The fraction of sp³-hybridized carbons (Fsp3) is 0.500. The molecule has 0 N–H and O–H groups in total. The lowest BCUT2D eigenvalue weighted by molar-refractivity contribution is -0.305. The summed E-state index contributed by atoms with van der Waals surface area (Å²) in [6.07, 6.45) is 4.50. The number of carbonyl (C=O) groups is 1. The molecule has 4 heteroatoms. The highest BCUT2D eigenvalue weighted by Gasteiger charge is 2.49. The van der Waals surface area contributed by atoms with E-state index in [0.717, 1.165) is 18.4 Å². The molecule has 0 amide bonds. The first-order valence-electron chi connectivity index (χ1n) is 7.68. The maximum absolute atomic E-state index is 11.6. The minimum absolute atomic E-state index is 0.0458. The fourth-order valence-corrected chi connectivity index (χ4v) is 3.61. The van der Waals surface area contributed by atoms with Crippen LogP contribution in [0.2, 0.25) is 0 Å². The lowest BCUT2D eigenvalue weighted by Gasteiger charge is -2.51. The Labute approximate surface area is 130 Å². The Morgan fingerprint density at radius 3 is 2.36 bits per heavy atom. The molecular formula is C18H21O4-. The van der Waals surface area contributed by atoms with Gasteiger partial charge in [0.2, 0.25) is 0 Å². The number of carboxylic acids is 1. The minimum atomic E-state index is -1.13. The zero-order valence-electron chi connectivity index (χ0n) is 13.0. The molecule has 1 aromatic rings. The summed E-state index contributed by atoms with van der Waals surface area (Å²) in [6, 6.07) is 9.59. The molecule has 0 aliphatic heterocycles. The van der Waals surface area contributed by atoms with Crippen LogP contribution in [0.5, 0.6) is 0 Å². The average Bonchev–Trinajstić information content (AvgIpc) is 2.54. The molecule has 0 saturated heterocycles. The summed E-state index contributed by atoms with van der Waals surface area (Å²) in [5.74, 6) is -1.13. The van der Waals surface area contributed by atoms with Crippen LogP contribution in [0.25, 0.3) is 0 Å². The SMILES string of the molecule is COC(OC12CCC(C)(C=C1C(=O)[O-])CC2)c1ccccc1. The van der Waals surface area contributed by atoms with Crippen molar-refractivity contribution in [3.63, 3.8) is 0 Å². The fourth-order valence-electron chi connectivity index (χ4n) is 3.61. The van der Waals surface area contributed by atoms with Gasteiger partial charge in [-0.3, -0.25) is 0 Å². The highest BCUT2D eigenvalue weighted by Crippen LogP contribution is 2.53. The van der Waals surface area contributed by atoms with Crippen molar-refractivity contribution in [3.8, 4) is 0 Å². The molecule has 1 atom stereocenters. The van der Waals surface area contributed by atoms with Crippen molar-refractivity contribution in [2.75, 3.05) is 7.11 Å². The molecule has 118 valence electrons. The van der Waals surface area contributed by atoms with Crippen LogP contribution < -0.4 is 5.11 Å². The standard InChI is InChI=1S/C18H22O4/c1-17-8-10-18(11-9-17,14(12-17)15(19)20)22-16(21-2)13-6-4-3-5-7-13/h3-7,12,16H,8-11H2,1-2H3,(H,19,20)/p-1. The van der Waals surface area contributed by atoms with E-state index in [1.807, 2.05) is 36.4 Å². The second-order valence-corrected chi connectivity index (χ2v) is 6.59. The van der Waals surface area contributed by atoms with Gasteiger partial charge in [-0.25, -0.2) is 0 Å². The van der Waals surface area contributed by atoms with E-state index in [9.17, 15) is 9.90 Å². The van der Waals surface area contributed by atoms with E-state index < -0.39 is 17.9 Å². The number of hydrogen-bond donors (Lipinski definition) is 0. The molecule has 4 nitrogen and oxygen atoms in total. The first kappa shape index (κ1) is 15.3. The van der Waals surface area contributed by atoms with Crippen molar-refractivity contribution < 1.29 is 19.4 Å². The molecule has 2 bridgehead atoms. The first-order chi connectivity index (χ1) is 10.5. The van der Waals surface area contributed by atoms with Gasteiger partial charge in [0.05, 0.1) is 11.6 Å². The summed E-state index contributed by atoms with van der Waals surface area (Å²) in [4.78, 5) is 11.6. The molecule has 0 radical (unpaired) electrons. The third kappa shape index (κ3) is 2.57. The van der Waals surface area contributed by atoms with Gasteiger partial charge in [0, 0.05) is 18.2 Å². The number of hydrogen-bond acceptors (Lipinski definition) is 4. The minimum Gasteiger partial charge on any atom is -0.545 e. The third-order valence-corrected chi connectivity index (χ3v) is 5.02. The van der Waals surface area contributed by atoms with E-state index in [-0.39, 0.29) is 11.0 Å². The quantitative estimate of drug-likeness (QED) is 0.783. The summed E-state index contributed by atoms with van der Waals surface area (Å²) in [6.45, 7) is 2.10. The van der Waals surface area contributed by atoms with Gasteiger partial charge in [0.1, 0.15) is 0 Å². The lowest BCUT2D eigenvalue weighted by Crippen LogP contribution is -2.51. The second kappa shape index (κ2) is 5.52. The Balaban J connectivity index is 1.92. The number of methoxy groups -OCH3 is 1. The zero-order chi connectivity index (χ0) is 15.8. The van der Waals surface area contributed by atoms with Crippen molar-refractivity contribution in [3.05, 3.63) is 47.5 Å². The average molecular weight is 301 g/mol. The van der Waals surface area contributed by atoms with E-state index >= 15 is 0 Å². The maximum atomic E-state index is 11.6. The van der Waals surface area contributed by atoms with Crippen LogP contribution in [-0.2, 0) is 14.3 Å². The summed E-state index contributed by atoms with van der Waals surface area (Å²) in [5.41, 5.74) is 0.324. The topological polar surface area (TPSA) is 58.6 Å². The van der Waals surface area contributed by atoms with Gasteiger partial charge in [-0.05, 0) is 31.1 Å². The Morgan fingerprint density at radius 1 is 1.18 bits per heavy atom. The number of benzene rings is 1. The molecule has 1 saturated carbocycles.